The number of nitrogens with one attached hydrogen (secondary N) is 1. The number of hydrogen-bond donors (Lipinski definition) is 2. The van der Waals surface area contributed by atoms with Crippen molar-refractivity contribution in [1.82, 2.24) is 10.3 Å². The second-order valence-corrected chi connectivity index (χ2v) is 6.02. The van der Waals surface area contributed by atoms with Crippen LogP contribution in [0, 0.1) is 12.3 Å². The summed E-state index contributed by atoms with van der Waals surface area (Å²) in [6, 6.07) is 0.178. The van der Waals surface area contributed by atoms with Gasteiger partial charge < -0.3 is 11.1 Å². The number of aromatic nitrogens is 1. The van der Waals surface area contributed by atoms with Crippen molar-refractivity contribution in [2.24, 2.45) is 11.1 Å². The lowest BCUT2D eigenvalue weighted by molar-refractivity contribution is 0.309. The number of rotatable bonds is 4. The van der Waals surface area contributed by atoms with Crippen LogP contribution in [0.25, 0.3) is 0 Å². The van der Waals surface area contributed by atoms with Crippen LogP contribution in [-0.4, -0.2) is 17.6 Å². The Balaban J connectivity index is 2.28. The molecule has 0 amide bonds. The highest BCUT2D eigenvalue weighted by atomic mass is 32.1. The Morgan fingerprint density at radius 3 is 2.67 bits per heavy atom. The number of thiazole rings is 1. The van der Waals surface area contributed by atoms with E-state index >= 15 is 0 Å². The van der Waals surface area contributed by atoms with Crippen molar-refractivity contribution in [1.29, 1.82) is 0 Å². The zero-order valence-corrected chi connectivity index (χ0v) is 10.8. The highest BCUT2D eigenvalue weighted by molar-refractivity contribution is 7.09. The van der Waals surface area contributed by atoms with E-state index in [4.69, 9.17) is 5.73 Å². The molecule has 0 spiro atoms. The minimum absolute atomic E-state index is 0.158. The average molecular weight is 227 g/mol. The number of aryl methyl sites for hydroxylation is 1. The van der Waals surface area contributed by atoms with Gasteiger partial charge in [-0.1, -0.05) is 20.8 Å². The van der Waals surface area contributed by atoms with Gasteiger partial charge in [0.2, 0.25) is 0 Å². The monoisotopic (exact) mass is 227 g/mol. The van der Waals surface area contributed by atoms with E-state index in [1.54, 1.807) is 11.3 Å². The molecule has 3 nitrogen and oxygen atoms in total. The van der Waals surface area contributed by atoms with E-state index in [0.717, 1.165) is 23.8 Å². The molecule has 1 heterocycles. The van der Waals surface area contributed by atoms with E-state index in [1.807, 2.05) is 6.92 Å². The van der Waals surface area contributed by atoms with Gasteiger partial charge >= 0.3 is 0 Å². The maximum absolute atomic E-state index is 6.04. The summed E-state index contributed by atoms with van der Waals surface area (Å²) in [5, 5.41) is 6.55. The van der Waals surface area contributed by atoms with E-state index < -0.39 is 0 Å². The molecule has 0 aliphatic rings. The van der Waals surface area contributed by atoms with Gasteiger partial charge in [-0.05, 0) is 12.3 Å². The minimum Gasteiger partial charge on any atom is -0.326 e. The molecule has 0 aliphatic carbocycles. The van der Waals surface area contributed by atoms with Gasteiger partial charge in [0.25, 0.3) is 0 Å². The highest BCUT2D eigenvalue weighted by Gasteiger charge is 2.19. The predicted octanol–water partition coefficient (Wildman–Crippen LogP) is 1.91. The SMILES string of the molecule is Cc1nc(CNCC(N)C(C)(C)C)cs1. The molecule has 86 valence electrons. The van der Waals surface area contributed by atoms with Gasteiger partial charge in [0, 0.05) is 24.5 Å². The van der Waals surface area contributed by atoms with Crippen LogP contribution in [-0.2, 0) is 6.54 Å². The molecule has 0 radical (unpaired) electrons. The molecule has 0 aliphatic heterocycles. The first kappa shape index (κ1) is 12.6. The second-order valence-electron chi connectivity index (χ2n) is 4.96. The van der Waals surface area contributed by atoms with E-state index in [-0.39, 0.29) is 11.5 Å². The van der Waals surface area contributed by atoms with Gasteiger partial charge in [0.1, 0.15) is 0 Å². The van der Waals surface area contributed by atoms with Crippen LogP contribution in [0.4, 0.5) is 0 Å². The largest absolute Gasteiger partial charge is 0.326 e. The lowest BCUT2D eigenvalue weighted by Gasteiger charge is -2.27. The summed E-state index contributed by atoms with van der Waals surface area (Å²) in [5.41, 5.74) is 7.31. The van der Waals surface area contributed by atoms with Gasteiger partial charge in [-0.25, -0.2) is 4.98 Å². The first-order valence-electron chi connectivity index (χ1n) is 5.27. The fourth-order valence-electron chi connectivity index (χ4n) is 1.15. The Morgan fingerprint density at radius 2 is 2.20 bits per heavy atom. The molecule has 1 aromatic rings. The summed E-state index contributed by atoms with van der Waals surface area (Å²) in [4.78, 5) is 4.38. The van der Waals surface area contributed by atoms with Crippen LogP contribution in [0.2, 0.25) is 0 Å². The van der Waals surface area contributed by atoms with Crippen molar-refractivity contribution in [3.05, 3.63) is 16.1 Å². The number of nitrogens with two attached hydrogens (primary N) is 1. The first-order valence-corrected chi connectivity index (χ1v) is 6.15. The fourth-order valence-corrected chi connectivity index (χ4v) is 1.76. The van der Waals surface area contributed by atoms with E-state index in [9.17, 15) is 0 Å². The summed E-state index contributed by atoms with van der Waals surface area (Å²) < 4.78 is 0. The second kappa shape index (κ2) is 5.05. The standard InChI is InChI=1S/C11H21N3S/c1-8-14-9(7-15-8)5-13-6-10(12)11(2,3)4/h7,10,13H,5-6,12H2,1-4H3. The smallest absolute Gasteiger partial charge is 0.0897 e. The third kappa shape index (κ3) is 4.28. The van der Waals surface area contributed by atoms with E-state index in [1.165, 1.54) is 0 Å². The number of nitrogens with zero attached hydrogens (tertiary/aromatic N) is 1. The van der Waals surface area contributed by atoms with Crippen molar-refractivity contribution < 1.29 is 0 Å². The molecule has 0 aromatic carbocycles. The summed E-state index contributed by atoms with van der Waals surface area (Å²) >= 11 is 1.69. The summed E-state index contributed by atoms with van der Waals surface area (Å²) in [5.74, 6) is 0. The predicted molar refractivity (Wildman–Crippen MR) is 66.0 cm³/mol. The Labute approximate surface area is 96.1 Å². The van der Waals surface area contributed by atoms with E-state index in [2.05, 4.69) is 36.5 Å². The molecule has 15 heavy (non-hydrogen) atoms. The van der Waals surface area contributed by atoms with Gasteiger partial charge in [-0.3, -0.25) is 0 Å². The van der Waals surface area contributed by atoms with Crippen molar-refractivity contribution in [3.63, 3.8) is 0 Å². The van der Waals surface area contributed by atoms with Crippen LogP contribution < -0.4 is 11.1 Å². The van der Waals surface area contributed by atoms with E-state index in [0.29, 0.717) is 0 Å². The van der Waals surface area contributed by atoms with Crippen molar-refractivity contribution in [2.45, 2.75) is 40.3 Å². The summed E-state index contributed by atoms with van der Waals surface area (Å²) in [6.45, 7) is 10.1. The molecule has 1 atom stereocenters. The lowest BCUT2D eigenvalue weighted by Crippen LogP contribution is -2.43. The molecule has 1 unspecified atom stereocenters. The Kier molecular flexibility index (Phi) is 4.25. The normalized spacial score (nSPS) is 14.2. The van der Waals surface area contributed by atoms with Crippen LogP contribution in [0.5, 0.6) is 0 Å². The van der Waals surface area contributed by atoms with Crippen molar-refractivity contribution >= 4 is 11.3 Å². The Hall–Kier alpha value is -0.450. The van der Waals surface area contributed by atoms with Crippen LogP contribution >= 0.6 is 11.3 Å². The molecule has 0 saturated carbocycles. The Morgan fingerprint density at radius 1 is 1.53 bits per heavy atom. The Bertz CT molecular complexity index is 301. The highest BCUT2D eigenvalue weighted by Crippen LogP contribution is 2.16. The van der Waals surface area contributed by atoms with Gasteiger partial charge in [-0.15, -0.1) is 11.3 Å². The molecule has 3 N–H and O–H groups in total. The van der Waals surface area contributed by atoms with Gasteiger partial charge in [0.15, 0.2) is 0 Å². The molecule has 0 bridgehead atoms. The topological polar surface area (TPSA) is 50.9 Å². The van der Waals surface area contributed by atoms with Crippen molar-refractivity contribution in [3.8, 4) is 0 Å². The lowest BCUT2D eigenvalue weighted by atomic mass is 9.87. The fraction of sp³-hybridized carbons (Fsp3) is 0.727. The number of hydrogen-bond acceptors (Lipinski definition) is 4. The first-order chi connectivity index (χ1) is 6.89. The van der Waals surface area contributed by atoms with Crippen LogP contribution in [0.15, 0.2) is 5.38 Å². The third-order valence-corrected chi connectivity index (χ3v) is 3.27. The molecule has 0 fully saturated rings. The summed E-state index contributed by atoms with van der Waals surface area (Å²) in [6.07, 6.45) is 0. The maximum atomic E-state index is 6.04. The molecule has 1 aromatic heterocycles. The zero-order chi connectivity index (χ0) is 11.5. The molecule has 4 heteroatoms. The molecule has 0 saturated heterocycles. The quantitative estimate of drug-likeness (QED) is 0.826. The van der Waals surface area contributed by atoms with Crippen LogP contribution in [0.1, 0.15) is 31.5 Å². The zero-order valence-electron chi connectivity index (χ0n) is 10.0. The van der Waals surface area contributed by atoms with Crippen molar-refractivity contribution in [2.75, 3.05) is 6.54 Å². The molecular formula is C11H21N3S. The molecule has 1 rings (SSSR count). The third-order valence-electron chi connectivity index (χ3n) is 2.45. The van der Waals surface area contributed by atoms with Crippen LogP contribution in [0.3, 0.4) is 0 Å². The average Bonchev–Trinajstić information content (AvgIpc) is 2.49. The van der Waals surface area contributed by atoms with Gasteiger partial charge in [-0.2, -0.15) is 0 Å². The van der Waals surface area contributed by atoms with Gasteiger partial charge in [0.05, 0.1) is 10.7 Å². The summed E-state index contributed by atoms with van der Waals surface area (Å²) in [7, 11) is 0. The molecular weight excluding hydrogens is 206 g/mol. The maximum Gasteiger partial charge on any atom is 0.0897 e. The minimum atomic E-state index is 0.158.